The zero-order valence-electron chi connectivity index (χ0n) is 10.3. The van der Waals surface area contributed by atoms with Gasteiger partial charge in [-0.05, 0) is 16.8 Å². The number of rotatable bonds is 3. The maximum Gasteiger partial charge on any atom is 0.254 e. The number of hydrogen-bond acceptors (Lipinski definition) is 2. The lowest BCUT2D eigenvalue weighted by Gasteiger charge is -2.16. The summed E-state index contributed by atoms with van der Waals surface area (Å²) in [5, 5.41) is 10.6. The molecule has 0 aliphatic carbocycles. The summed E-state index contributed by atoms with van der Waals surface area (Å²) in [6, 6.07) is 15.6. The maximum absolute atomic E-state index is 12.3. The number of carbonyl (C=O) groups is 1. The van der Waals surface area contributed by atoms with Crippen molar-refractivity contribution >= 4 is 16.7 Å². The van der Waals surface area contributed by atoms with Crippen molar-refractivity contribution in [3.05, 3.63) is 48.0 Å². The van der Waals surface area contributed by atoms with Crippen LogP contribution in [0.3, 0.4) is 0 Å². The lowest BCUT2D eigenvalue weighted by atomic mass is 10.0. The summed E-state index contributed by atoms with van der Waals surface area (Å²) in [7, 11) is 1.72. The molecule has 0 unspecified atom stereocenters. The Morgan fingerprint density at radius 1 is 1.22 bits per heavy atom. The third-order valence-corrected chi connectivity index (χ3v) is 2.93. The smallest absolute Gasteiger partial charge is 0.254 e. The summed E-state index contributed by atoms with van der Waals surface area (Å²) >= 11 is 0. The molecule has 90 valence electrons. The predicted molar refractivity (Wildman–Crippen MR) is 71.1 cm³/mol. The molecule has 0 atom stereocenters. The summed E-state index contributed by atoms with van der Waals surface area (Å²) in [5.41, 5.74) is 0.688. The minimum Gasteiger partial charge on any atom is -0.341 e. The number of carbonyl (C=O) groups excluding carboxylic acids is 1. The molecule has 2 aromatic rings. The van der Waals surface area contributed by atoms with Crippen LogP contribution in [0.25, 0.3) is 10.8 Å². The Balaban J connectivity index is 2.36. The molecule has 0 aliphatic rings. The normalized spacial score (nSPS) is 10.0. The molecule has 18 heavy (non-hydrogen) atoms. The van der Waals surface area contributed by atoms with Gasteiger partial charge in [0, 0.05) is 19.2 Å². The lowest BCUT2D eigenvalue weighted by molar-refractivity contribution is 0.0800. The highest BCUT2D eigenvalue weighted by molar-refractivity contribution is 6.06. The SMILES string of the molecule is CN(CCC#N)C(=O)c1cccc2ccccc12. The van der Waals surface area contributed by atoms with E-state index in [0.29, 0.717) is 18.5 Å². The summed E-state index contributed by atoms with van der Waals surface area (Å²) < 4.78 is 0. The number of fused-ring (bicyclic) bond motifs is 1. The molecule has 3 heteroatoms. The van der Waals surface area contributed by atoms with Crippen molar-refractivity contribution in [3.8, 4) is 6.07 Å². The topological polar surface area (TPSA) is 44.1 Å². The number of nitrogens with zero attached hydrogens (tertiary/aromatic N) is 2. The van der Waals surface area contributed by atoms with Crippen LogP contribution in [0.1, 0.15) is 16.8 Å². The van der Waals surface area contributed by atoms with Gasteiger partial charge in [-0.1, -0.05) is 36.4 Å². The molecule has 0 aliphatic heterocycles. The Kier molecular flexibility index (Phi) is 3.59. The molecule has 0 N–H and O–H groups in total. The molecule has 2 rings (SSSR count). The highest BCUT2D eigenvalue weighted by Gasteiger charge is 2.13. The van der Waals surface area contributed by atoms with Gasteiger partial charge in [0.05, 0.1) is 12.5 Å². The van der Waals surface area contributed by atoms with Crippen LogP contribution in [0, 0.1) is 11.3 Å². The number of nitriles is 1. The van der Waals surface area contributed by atoms with E-state index >= 15 is 0 Å². The van der Waals surface area contributed by atoms with Gasteiger partial charge in [0.2, 0.25) is 0 Å². The third kappa shape index (κ3) is 2.33. The quantitative estimate of drug-likeness (QED) is 0.825. The van der Waals surface area contributed by atoms with Crippen molar-refractivity contribution < 1.29 is 4.79 Å². The molecule has 0 saturated carbocycles. The van der Waals surface area contributed by atoms with E-state index < -0.39 is 0 Å². The van der Waals surface area contributed by atoms with Crippen LogP contribution < -0.4 is 0 Å². The van der Waals surface area contributed by atoms with Crippen molar-refractivity contribution in [1.29, 1.82) is 5.26 Å². The second kappa shape index (κ2) is 5.33. The van der Waals surface area contributed by atoms with E-state index in [1.165, 1.54) is 0 Å². The van der Waals surface area contributed by atoms with E-state index in [4.69, 9.17) is 5.26 Å². The maximum atomic E-state index is 12.3. The Bertz CT molecular complexity index is 608. The van der Waals surface area contributed by atoms with Crippen molar-refractivity contribution in [2.75, 3.05) is 13.6 Å². The first-order valence-electron chi connectivity index (χ1n) is 5.84. The van der Waals surface area contributed by atoms with Crippen LogP contribution in [0.2, 0.25) is 0 Å². The Morgan fingerprint density at radius 3 is 2.72 bits per heavy atom. The molecule has 2 aromatic carbocycles. The fraction of sp³-hybridized carbons (Fsp3) is 0.200. The third-order valence-electron chi connectivity index (χ3n) is 2.93. The molecule has 0 bridgehead atoms. The Hall–Kier alpha value is -2.34. The largest absolute Gasteiger partial charge is 0.341 e. The van der Waals surface area contributed by atoms with Crippen molar-refractivity contribution in [1.82, 2.24) is 4.90 Å². The molecular formula is C15H14N2O. The standard InChI is InChI=1S/C15H14N2O/c1-17(11-5-10-16)15(18)14-9-4-7-12-6-2-3-8-13(12)14/h2-4,6-9H,5,11H2,1H3. The van der Waals surface area contributed by atoms with Crippen LogP contribution >= 0.6 is 0 Å². The summed E-state index contributed by atoms with van der Waals surface area (Å²) in [6.45, 7) is 0.457. The zero-order valence-corrected chi connectivity index (χ0v) is 10.3. The number of benzene rings is 2. The van der Waals surface area contributed by atoms with Gasteiger partial charge in [0.25, 0.3) is 5.91 Å². The van der Waals surface area contributed by atoms with E-state index in [9.17, 15) is 4.79 Å². The monoisotopic (exact) mass is 238 g/mol. The van der Waals surface area contributed by atoms with E-state index in [-0.39, 0.29) is 5.91 Å². The fourth-order valence-corrected chi connectivity index (χ4v) is 1.94. The molecule has 0 fully saturated rings. The summed E-state index contributed by atoms with van der Waals surface area (Å²) in [6.07, 6.45) is 0.354. The van der Waals surface area contributed by atoms with Crippen LogP contribution in [-0.2, 0) is 0 Å². The Morgan fingerprint density at radius 2 is 1.94 bits per heavy atom. The van der Waals surface area contributed by atoms with Crippen molar-refractivity contribution in [2.45, 2.75) is 6.42 Å². The molecule has 3 nitrogen and oxygen atoms in total. The molecule has 0 heterocycles. The minimum absolute atomic E-state index is 0.0398. The summed E-state index contributed by atoms with van der Waals surface area (Å²) in [4.78, 5) is 13.9. The van der Waals surface area contributed by atoms with Crippen molar-refractivity contribution in [3.63, 3.8) is 0 Å². The fourth-order valence-electron chi connectivity index (χ4n) is 1.94. The second-order valence-electron chi connectivity index (χ2n) is 4.16. The van der Waals surface area contributed by atoms with Gasteiger partial charge in [-0.2, -0.15) is 5.26 Å². The lowest BCUT2D eigenvalue weighted by Crippen LogP contribution is -2.27. The van der Waals surface area contributed by atoms with Gasteiger partial charge in [-0.25, -0.2) is 0 Å². The molecule has 0 spiro atoms. The first-order valence-corrected chi connectivity index (χ1v) is 5.84. The predicted octanol–water partition coefficient (Wildman–Crippen LogP) is 2.83. The molecule has 1 amide bonds. The second-order valence-corrected chi connectivity index (χ2v) is 4.16. The number of amides is 1. The molecule has 0 aromatic heterocycles. The van der Waals surface area contributed by atoms with Crippen LogP contribution in [0.5, 0.6) is 0 Å². The summed E-state index contributed by atoms with van der Waals surface area (Å²) in [5.74, 6) is -0.0398. The Labute approximate surface area is 106 Å². The average Bonchev–Trinajstić information content (AvgIpc) is 2.43. The van der Waals surface area contributed by atoms with Crippen LogP contribution in [0.15, 0.2) is 42.5 Å². The van der Waals surface area contributed by atoms with E-state index in [1.807, 2.05) is 48.5 Å². The van der Waals surface area contributed by atoms with E-state index in [1.54, 1.807) is 11.9 Å². The first kappa shape index (κ1) is 12.1. The number of hydrogen-bond donors (Lipinski definition) is 0. The van der Waals surface area contributed by atoms with Crippen molar-refractivity contribution in [2.24, 2.45) is 0 Å². The molecule has 0 saturated heterocycles. The molecule has 0 radical (unpaired) electrons. The van der Waals surface area contributed by atoms with E-state index in [2.05, 4.69) is 0 Å². The minimum atomic E-state index is -0.0398. The van der Waals surface area contributed by atoms with Gasteiger partial charge in [-0.3, -0.25) is 4.79 Å². The first-order chi connectivity index (χ1) is 8.74. The van der Waals surface area contributed by atoms with Gasteiger partial charge in [0.15, 0.2) is 0 Å². The average molecular weight is 238 g/mol. The van der Waals surface area contributed by atoms with Crippen LogP contribution in [0.4, 0.5) is 0 Å². The van der Waals surface area contributed by atoms with E-state index in [0.717, 1.165) is 10.8 Å². The van der Waals surface area contributed by atoms with Gasteiger partial charge >= 0.3 is 0 Å². The van der Waals surface area contributed by atoms with Gasteiger partial charge in [0.1, 0.15) is 0 Å². The zero-order chi connectivity index (χ0) is 13.0. The van der Waals surface area contributed by atoms with Gasteiger partial charge < -0.3 is 4.90 Å². The molecular weight excluding hydrogens is 224 g/mol. The highest BCUT2D eigenvalue weighted by atomic mass is 16.2. The van der Waals surface area contributed by atoms with Crippen LogP contribution in [-0.4, -0.2) is 24.4 Å². The van der Waals surface area contributed by atoms with Gasteiger partial charge in [-0.15, -0.1) is 0 Å². The highest BCUT2D eigenvalue weighted by Crippen LogP contribution is 2.19.